The van der Waals surface area contributed by atoms with Crippen molar-refractivity contribution >= 4 is 23.5 Å². The van der Waals surface area contributed by atoms with Crippen LogP contribution in [0.1, 0.15) is 37.8 Å². The third kappa shape index (κ3) is 8.23. The molecule has 5 rings (SSSR count). The Labute approximate surface area is 251 Å². The third-order valence-corrected chi connectivity index (χ3v) is 6.66. The Morgan fingerprint density at radius 2 is 1.82 bits per heavy atom. The molecular weight excluding hydrogens is 578 g/mol. The second kappa shape index (κ2) is 13.4. The second-order valence-corrected chi connectivity index (χ2v) is 10.6. The Bertz CT molecular complexity index is 1570. The van der Waals surface area contributed by atoms with E-state index in [0.717, 1.165) is 17.8 Å². The van der Waals surface area contributed by atoms with E-state index in [1.807, 2.05) is 43.7 Å². The van der Waals surface area contributed by atoms with Gasteiger partial charge in [-0.1, -0.05) is 0 Å². The zero-order valence-electron chi connectivity index (χ0n) is 24.2. The average molecular weight is 612 g/mol. The number of hydrogen-bond acceptors (Lipinski definition) is 11. The summed E-state index contributed by atoms with van der Waals surface area (Å²) in [5.41, 5.74) is 1.27. The standard InChI is InChI=1S/C25H29N5O6.C4H4O4/c1-14-27-24(15-4-5-20-21(8-15)36-13-35-20)29-30(14)7-6-25(2,3)26-11-19(32)17-9-16(31)10-18-23(17)34-12-22(33)28-18;5-3(6)1-2-4(7)8/h4-5,8-10,19,26,31-32H,6-7,11-13H2,1-3H3,(H,28,33);1-2H,(H,5,6)(H,7,8)/b;2-1-. The van der Waals surface area contributed by atoms with Gasteiger partial charge < -0.3 is 45.3 Å². The summed E-state index contributed by atoms with van der Waals surface area (Å²) in [6.45, 7) is 6.92. The topological polar surface area (TPSA) is 215 Å². The third-order valence-electron chi connectivity index (χ3n) is 6.66. The zero-order valence-corrected chi connectivity index (χ0v) is 24.2. The van der Waals surface area contributed by atoms with E-state index in [4.69, 9.17) is 24.4 Å². The predicted molar refractivity (Wildman–Crippen MR) is 155 cm³/mol. The summed E-state index contributed by atoms with van der Waals surface area (Å²) in [6.07, 6.45) is 0.880. The molecule has 2 aliphatic rings. The zero-order chi connectivity index (χ0) is 32.0. The first-order chi connectivity index (χ1) is 20.8. The minimum absolute atomic E-state index is 0.0622. The van der Waals surface area contributed by atoms with Gasteiger partial charge in [-0.15, -0.1) is 0 Å². The fraction of sp³-hybridized carbons (Fsp3) is 0.345. The lowest BCUT2D eigenvalue weighted by Crippen LogP contribution is -2.42. The highest BCUT2D eigenvalue weighted by atomic mass is 16.7. The molecule has 2 aromatic carbocycles. The van der Waals surface area contributed by atoms with Gasteiger partial charge in [-0.2, -0.15) is 5.10 Å². The number of nitrogens with zero attached hydrogens (tertiary/aromatic N) is 3. The summed E-state index contributed by atoms with van der Waals surface area (Å²) in [6, 6.07) is 8.50. The SMILES string of the molecule is Cc1nc(-c2ccc3c(c2)OCO3)nn1CCC(C)(C)NCC(O)c1cc(O)cc2c1OCC(=O)N2.O=C(O)/C=C\C(=O)O. The number of benzene rings is 2. The van der Waals surface area contributed by atoms with Crippen LogP contribution < -0.4 is 24.8 Å². The number of phenolic OH excluding ortho intramolecular Hbond substituents is 1. The summed E-state index contributed by atoms with van der Waals surface area (Å²) >= 11 is 0. The molecule has 15 heteroatoms. The van der Waals surface area contributed by atoms with Crippen LogP contribution in [0.2, 0.25) is 0 Å². The maximum atomic E-state index is 11.6. The summed E-state index contributed by atoms with van der Waals surface area (Å²) in [5.74, 6) is 0.301. The van der Waals surface area contributed by atoms with Gasteiger partial charge in [0.2, 0.25) is 6.79 Å². The summed E-state index contributed by atoms with van der Waals surface area (Å²) in [4.78, 5) is 35.3. The average Bonchev–Trinajstić information content (AvgIpc) is 3.59. The number of aliphatic hydroxyl groups excluding tert-OH is 1. The molecule has 0 radical (unpaired) electrons. The molecule has 0 fully saturated rings. The maximum Gasteiger partial charge on any atom is 0.328 e. The fourth-order valence-electron chi connectivity index (χ4n) is 4.35. The predicted octanol–water partition coefficient (Wildman–Crippen LogP) is 2.22. The quantitative estimate of drug-likeness (QED) is 0.182. The van der Waals surface area contributed by atoms with Crippen LogP contribution in [0.15, 0.2) is 42.5 Å². The summed E-state index contributed by atoms with van der Waals surface area (Å²) < 4.78 is 18.2. The van der Waals surface area contributed by atoms with Crippen molar-refractivity contribution in [2.45, 2.75) is 45.4 Å². The highest BCUT2D eigenvalue weighted by Gasteiger charge is 2.26. The molecule has 3 heterocycles. The number of β-amino-alcohol motifs (C(OH)–C–C–N with tert-alkyl or cyclic N) is 1. The Morgan fingerprint density at radius 1 is 1.11 bits per heavy atom. The monoisotopic (exact) mass is 611 g/mol. The number of anilines is 1. The van der Waals surface area contributed by atoms with Crippen LogP contribution in [0.3, 0.4) is 0 Å². The summed E-state index contributed by atoms with van der Waals surface area (Å²) in [7, 11) is 0. The first-order valence-electron chi connectivity index (χ1n) is 13.5. The Balaban J connectivity index is 0.000000488. The minimum atomic E-state index is -1.26. The van der Waals surface area contributed by atoms with Crippen molar-refractivity contribution in [1.82, 2.24) is 20.1 Å². The first kappa shape index (κ1) is 31.8. The van der Waals surface area contributed by atoms with Crippen molar-refractivity contribution in [2.24, 2.45) is 0 Å². The lowest BCUT2D eigenvalue weighted by molar-refractivity contribution is -0.134. The molecular formula is C29H33N5O10. The van der Waals surface area contributed by atoms with Gasteiger partial charge in [0.05, 0.1) is 11.8 Å². The number of carbonyl (C=O) groups is 3. The van der Waals surface area contributed by atoms with Crippen LogP contribution in [0.5, 0.6) is 23.0 Å². The lowest BCUT2D eigenvalue weighted by Gasteiger charge is -2.29. The molecule has 0 saturated carbocycles. The molecule has 1 aromatic heterocycles. The molecule has 1 amide bonds. The summed E-state index contributed by atoms with van der Waals surface area (Å²) in [5, 5.41) is 47.2. The van der Waals surface area contributed by atoms with Crippen molar-refractivity contribution in [3.63, 3.8) is 0 Å². The molecule has 0 spiro atoms. The van der Waals surface area contributed by atoms with Gasteiger partial charge in [0, 0.05) is 48.0 Å². The van der Waals surface area contributed by atoms with Crippen LogP contribution in [0.4, 0.5) is 5.69 Å². The van der Waals surface area contributed by atoms with Gasteiger partial charge in [-0.25, -0.2) is 19.3 Å². The lowest BCUT2D eigenvalue weighted by atomic mass is 9.99. The minimum Gasteiger partial charge on any atom is -0.508 e. The number of aliphatic hydroxyl groups is 1. The second-order valence-electron chi connectivity index (χ2n) is 10.6. The Hall–Kier alpha value is -5.15. The van der Waals surface area contributed by atoms with Crippen molar-refractivity contribution in [3.8, 4) is 34.4 Å². The molecule has 15 nitrogen and oxygen atoms in total. The van der Waals surface area contributed by atoms with Gasteiger partial charge in [-0.05, 0) is 51.5 Å². The van der Waals surface area contributed by atoms with Gasteiger partial charge in [0.15, 0.2) is 23.9 Å². The molecule has 0 aliphatic carbocycles. The van der Waals surface area contributed by atoms with Crippen molar-refractivity contribution < 1.29 is 49.0 Å². The van der Waals surface area contributed by atoms with Crippen LogP contribution in [0.25, 0.3) is 11.4 Å². The van der Waals surface area contributed by atoms with Crippen LogP contribution in [0, 0.1) is 6.92 Å². The largest absolute Gasteiger partial charge is 0.508 e. The number of aromatic hydroxyl groups is 1. The molecule has 6 N–H and O–H groups in total. The van der Waals surface area contributed by atoms with Gasteiger partial charge in [-0.3, -0.25) is 4.79 Å². The normalized spacial score (nSPS) is 14.2. The maximum absolute atomic E-state index is 11.6. The molecule has 3 aromatic rings. The molecule has 234 valence electrons. The smallest absolute Gasteiger partial charge is 0.328 e. The number of hydrogen-bond donors (Lipinski definition) is 6. The Kier molecular flexibility index (Phi) is 9.70. The first-order valence-corrected chi connectivity index (χ1v) is 13.5. The van der Waals surface area contributed by atoms with Gasteiger partial charge >= 0.3 is 11.9 Å². The van der Waals surface area contributed by atoms with Crippen molar-refractivity contribution in [3.05, 3.63) is 53.9 Å². The number of nitrogens with one attached hydrogen (secondary N) is 2. The molecule has 44 heavy (non-hydrogen) atoms. The number of carbonyl (C=O) groups excluding carboxylic acids is 1. The van der Waals surface area contributed by atoms with E-state index in [0.29, 0.717) is 53.0 Å². The molecule has 0 saturated heterocycles. The number of ether oxygens (including phenoxy) is 3. The fourth-order valence-corrected chi connectivity index (χ4v) is 4.35. The molecule has 1 unspecified atom stereocenters. The van der Waals surface area contributed by atoms with E-state index in [9.17, 15) is 24.6 Å². The number of carboxylic acids is 2. The van der Waals surface area contributed by atoms with E-state index in [2.05, 4.69) is 20.7 Å². The highest BCUT2D eigenvalue weighted by Crippen LogP contribution is 2.39. The van der Waals surface area contributed by atoms with Crippen molar-refractivity contribution in [1.29, 1.82) is 0 Å². The Morgan fingerprint density at radius 3 is 2.52 bits per heavy atom. The van der Waals surface area contributed by atoms with E-state index in [-0.39, 0.29) is 37.1 Å². The van der Waals surface area contributed by atoms with E-state index >= 15 is 0 Å². The van der Waals surface area contributed by atoms with E-state index in [1.165, 1.54) is 12.1 Å². The van der Waals surface area contributed by atoms with Crippen LogP contribution >= 0.6 is 0 Å². The van der Waals surface area contributed by atoms with Gasteiger partial charge in [0.25, 0.3) is 5.91 Å². The number of carboxylic acid groups (broad SMARTS) is 2. The number of fused-ring (bicyclic) bond motifs is 2. The van der Waals surface area contributed by atoms with Crippen LogP contribution in [-0.4, -0.2) is 78.5 Å². The molecule has 2 aliphatic heterocycles. The van der Waals surface area contributed by atoms with E-state index < -0.39 is 18.0 Å². The number of phenols is 1. The van der Waals surface area contributed by atoms with Crippen molar-refractivity contribution in [2.75, 3.05) is 25.3 Å². The van der Waals surface area contributed by atoms with Gasteiger partial charge in [0.1, 0.15) is 17.3 Å². The molecule has 0 bridgehead atoms. The number of rotatable bonds is 10. The van der Waals surface area contributed by atoms with Crippen LogP contribution in [-0.2, 0) is 20.9 Å². The highest BCUT2D eigenvalue weighted by molar-refractivity contribution is 5.96. The van der Waals surface area contributed by atoms with E-state index in [1.54, 1.807) is 0 Å². The number of amides is 1. The number of aromatic nitrogens is 3. The molecule has 1 atom stereocenters. The number of aryl methyl sites for hydroxylation is 2. The number of aliphatic carboxylic acids is 2.